The number of aromatic nitrogens is 3. The summed E-state index contributed by atoms with van der Waals surface area (Å²) in [5.74, 6) is -0.474. The first-order chi connectivity index (χ1) is 12.5. The fourth-order valence-corrected chi connectivity index (χ4v) is 3.68. The SMILES string of the molecule is Nc1nc(N)nc(SCC(=O)N[C@@H](c2ccc(F)cc2)c2cccs2)n1. The fourth-order valence-electron chi connectivity index (χ4n) is 2.22. The van der Waals surface area contributed by atoms with Crippen molar-refractivity contribution in [2.45, 2.75) is 11.2 Å². The highest BCUT2D eigenvalue weighted by molar-refractivity contribution is 7.99. The molecule has 7 nitrogen and oxygen atoms in total. The summed E-state index contributed by atoms with van der Waals surface area (Å²) in [5, 5.41) is 5.15. The number of thioether (sulfide) groups is 1. The second-order valence-corrected chi connectivity index (χ2v) is 7.11. The molecule has 0 spiro atoms. The number of halogens is 1. The molecule has 1 atom stereocenters. The Bertz CT molecular complexity index is 868. The van der Waals surface area contributed by atoms with Gasteiger partial charge in [0, 0.05) is 4.88 Å². The first-order valence-corrected chi connectivity index (χ1v) is 9.36. The fraction of sp³-hybridized carbons (Fsp3) is 0.125. The number of anilines is 2. The van der Waals surface area contributed by atoms with Crippen LogP contribution >= 0.6 is 23.1 Å². The number of rotatable bonds is 6. The summed E-state index contributed by atoms with van der Waals surface area (Å²) >= 11 is 2.61. The lowest BCUT2D eigenvalue weighted by atomic mass is 10.1. The highest BCUT2D eigenvalue weighted by Gasteiger charge is 2.18. The van der Waals surface area contributed by atoms with Crippen LogP contribution in [0.5, 0.6) is 0 Å². The summed E-state index contributed by atoms with van der Waals surface area (Å²) in [7, 11) is 0. The smallest absolute Gasteiger partial charge is 0.231 e. The Morgan fingerprint density at radius 2 is 1.85 bits per heavy atom. The van der Waals surface area contributed by atoms with Gasteiger partial charge in [-0.15, -0.1) is 11.3 Å². The van der Waals surface area contributed by atoms with Crippen molar-refractivity contribution in [1.29, 1.82) is 0 Å². The van der Waals surface area contributed by atoms with E-state index in [1.165, 1.54) is 23.5 Å². The van der Waals surface area contributed by atoms with Gasteiger partial charge in [-0.3, -0.25) is 4.79 Å². The number of amides is 1. The van der Waals surface area contributed by atoms with Gasteiger partial charge in [0.05, 0.1) is 11.8 Å². The lowest BCUT2D eigenvalue weighted by Gasteiger charge is -2.18. The molecule has 1 aromatic carbocycles. The summed E-state index contributed by atoms with van der Waals surface area (Å²) in [4.78, 5) is 24.9. The zero-order chi connectivity index (χ0) is 18.5. The molecule has 2 heterocycles. The van der Waals surface area contributed by atoms with Crippen molar-refractivity contribution in [3.8, 4) is 0 Å². The van der Waals surface area contributed by atoms with E-state index in [0.717, 1.165) is 22.2 Å². The van der Waals surface area contributed by atoms with Crippen LogP contribution in [0.4, 0.5) is 16.3 Å². The summed E-state index contributed by atoms with van der Waals surface area (Å²) in [6.45, 7) is 0. The number of nitrogen functional groups attached to an aromatic ring is 2. The van der Waals surface area contributed by atoms with Crippen molar-refractivity contribution < 1.29 is 9.18 Å². The van der Waals surface area contributed by atoms with E-state index >= 15 is 0 Å². The Hall–Kier alpha value is -2.72. The first-order valence-electron chi connectivity index (χ1n) is 7.49. The van der Waals surface area contributed by atoms with Gasteiger partial charge in [0.15, 0.2) is 5.16 Å². The number of nitrogens with zero attached hydrogens (tertiary/aromatic N) is 3. The lowest BCUT2D eigenvalue weighted by molar-refractivity contribution is -0.119. The van der Waals surface area contributed by atoms with Gasteiger partial charge in [-0.05, 0) is 29.1 Å². The summed E-state index contributed by atoms with van der Waals surface area (Å²) in [6.07, 6.45) is 0. The Labute approximate surface area is 157 Å². The van der Waals surface area contributed by atoms with Gasteiger partial charge >= 0.3 is 0 Å². The number of nitrogens with two attached hydrogens (primary N) is 2. The number of carbonyl (C=O) groups excluding carboxylic acids is 1. The molecule has 0 unspecified atom stereocenters. The van der Waals surface area contributed by atoms with E-state index in [1.54, 1.807) is 12.1 Å². The number of benzene rings is 1. The minimum absolute atomic E-state index is 0.00295. The summed E-state index contributed by atoms with van der Waals surface area (Å²) < 4.78 is 13.2. The van der Waals surface area contributed by atoms with Crippen LogP contribution < -0.4 is 16.8 Å². The van der Waals surface area contributed by atoms with Gasteiger partial charge in [0.1, 0.15) is 5.82 Å². The quantitative estimate of drug-likeness (QED) is 0.552. The molecule has 0 fully saturated rings. The van der Waals surface area contributed by atoms with Crippen molar-refractivity contribution in [2.24, 2.45) is 0 Å². The predicted octanol–water partition coefficient (Wildman–Crippen LogP) is 2.23. The summed E-state index contributed by atoms with van der Waals surface area (Å²) in [6, 6.07) is 9.49. The third-order valence-electron chi connectivity index (χ3n) is 3.32. The average Bonchev–Trinajstić information content (AvgIpc) is 3.12. The van der Waals surface area contributed by atoms with E-state index < -0.39 is 0 Å². The van der Waals surface area contributed by atoms with Crippen LogP contribution in [0.3, 0.4) is 0 Å². The number of thiophene rings is 1. The Morgan fingerprint density at radius 3 is 2.46 bits per heavy atom. The van der Waals surface area contributed by atoms with Crippen LogP contribution in [-0.2, 0) is 4.79 Å². The van der Waals surface area contributed by atoms with Gasteiger partial charge < -0.3 is 16.8 Å². The van der Waals surface area contributed by atoms with Gasteiger partial charge in [-0.2, -0.15) is 15.0 Å². The van der Waals surface area contributed by atoms with Crippen LogP contribution in [0.2, 0.25) is 0 Å². The highest BCUT2D eigenvalue weighted by atomic mass is 32.2. The van der Waals surface area contributed by atoms with Crippen LogP contribution in [0.1, 0.15) is 16.5 Å². The predicted molar refractivity (Wildman–Crippen MR) is 100 cm³/mol. The van der Waals surface area contributed by atoms with Crippen molar-refractivity contribution in [2.75, 3.05) is 17.2 Å². The van der Waals surface area contributed by atoms with Crippen molar-refractivity contribution >= 4 is 40.9 Å². The summed E-state index contributed by atoms with van der Waals surface area (Å²) in [5.41, 5.74) is 11.8. The number of nitrogens with one attached hydrogen (secondary N) is 1. The molecule has 0 saturated carbocycles. The van der Waals surface area contributed by atoms with Crippen molar-refractivity contribution in [3.63, 3.8) is 0 Å². The lowest BCUT2D eigenvalue weighted by Crippen LogP contribution is -2.30. The number of hydrogen-bond acceptors (Lipinski definition) is 8. The molecular weight excluding hydrogens is 375 g/mol. The largest absolute Gasteiger partial charge is 0.368 e. The molecule has 1 amide bonds. The molecule has 26 heavy (non-hydrogen) atoms. The molecule has 0 aliphatic carbocycles. The molecule has 10 heteroatoms. The molecule has 3 rings (SSSR count). The minimum atomic E-state index is -0.364. The van der Waals surface area contributed by atoms with E-state index in [2.05, 4.69) is 20.3 Å². The number of carbonyl (C=O) groups is 1. The normalized spacial score (nSPS) is 11.9. The van der Waals surface area contributed by atoms with Gasteiger partial charge in [-0.1, -0.05) is 30.0 Å². The van der Waals surface area contributed by atoms with Crippen LogP contribution in [0, 0.1) is 5.82 Å². The molecule has 3 aromatic rings. The Morgan fingerprint density at radius 1 is 1.15 bits per heavy atom. The zero-order valence-electron chi connectivity index (χ0n) is 13.4. The molecule has 2 aromatic heterocycles. The van der Waals surface area contributed by atoms with E-state index in [9.17, 15) is 9.18 Å². The van der Waals surface area contributed by atoms with Gasteiger partial charge in [0.25, 0.3) is 0 Å². The topological polar surface area (TPSA) is 120 Å². The Kier molecular flexibility index (Phi) is 5.64. The molecule has 5 N–H and O–H groups in total. The maximum Gasteiger partial charge on any atom is 0.231 e. The second kappa shape index (κ2) is 8.11. The Balaban J connectivity index is 1.70. The minimum Gasteiger partial charge on any atom is -0.368 e. The standard InChI is InChI=1S/C16H15FN6OS2/c17-10-5-3-9(4-6-10)13(11-2-1-7-25-11)20-12(24)8-26-16-22-14(18)21-15(19)23-16/h1-7,13H,8H2,(H,20,24)(H4,18,19,21,22,23)/t13-/m0/s1. The maximum absolute atomic E-state index is 13.2. The third kappa shape index (κ3) is 4.67. The molecule has 0 aliphatic heterocycles. The van der Waals surface area contributed by atoms with Gasteiger partial charge in [0.2, 0.25) is 17.8 Å². The maximum atomic E-state index is 13.2. The van der Waals surface area contributed by atoms with Crippen LogP contribution in [-0.4, -0.2) is 26.6 Å². The molecule has 134 valence electrons. The average molecular weight is 390 g/mol. The van der Waals surface area contributed by atoms with Crippen molar-refractivity contribution in [1.82, 2.24) is 20.3 Å². The van der Waals surface area contributed by atoms with E-state index in [0.29, 0.717) is 0 Å². The highest BCUT2D eigenvalue weighted by Crippen LogP contribution is 2.26. The molecular formula is C16H15FN6OS2. The molecule has 0 saturated heterocycles. The second-order valence-electron chi connectivity index (χ2n) is 5.19. The first kappa shape index (κ1) is 18.1. The monoisotopic (exact) mass is 390 g/mol. The number of hydrogen-bond donors (Lipinski definition) is 3. The third-order valence-corrected chi connectivity index (χ3v) is 5.10. The molecule has 0 bridgehead atoms. The van der Waals surface area contributed by atoms with Crippen LogP contribution in [0.15, 0.2) is 46.9 Å². The zero-order valence-corrected chi connectivity index (χ0v) is 15.1. The van der Waals surface area contributed by atoms with E-state index in [1.807, 2.05) is 17.5 Å². The molecule has 0 aliphatic rings. The van der Waals surface area contributed by atoms with E-state index in [4.69, 9.17) is 11.5 Å². The van der Waals surface area contributed by atoms with Gasteiger partial charge in [-0.25, -0.2) is 4.39 Å². The van der Waals surface area contributed by atoms with E-state index in [-0.39, 0.29) is 40.6 Å². The molecule has 0 radical (unpaired) electrons. The van der Waals surface area contributed by atoms with Crippen molar-refractivity contribution in [3.05, 3.63) is 58.0 Å². The van der Waals surface area contributed by atoms with Crippen LogP contribution in [0.25, 0.3) is 0 Å².